The van der Waals surface area contributed by atoms with Crippen molar-refractivity contribution in [1.29, 1.82) is 0 Å². The second-order valence-corrected chi connectivity index (χ2v) is 6.01. The van der Waals surface area contributed by atoms with Crippen molar-refractivity contribution in [3.8, 4) is 0 Å². The highest BCUT2D eigenvalue weighted by molar-refractivity contribution is 5.83. The van der Waals surface area contributed by atoms with Crippen molar-refractivity contribution in [2.24, 2.45) is 5.41 Å². The molecule has 0 aliphatic carbocycles. The fraction of sp³-hybridized carbons (Fsp3) is 0.846. The Morgan fingerprint density at radius 3 is 1.88 bits per heavy atom. The van der Waals surface area contributed by atoms with Gasteiger partial charge in [-0.2, -0.15) is 0 Å². The van der Waals surface area contributed by atoms with Crippen LogP contribution in [0, 0.1) is 5.41 Å². The number of aliphatic carboxylic acids is 1. The standard InChI is InChI=1S/C13H25NO3/c1-7-13(5,6)11(17)14(12(2,3)4)9-8-10(15)16/h7-9H2,1-6H3,(H,15,16). The molecular weight excluding hydrogens is 218 g/mol. The third kappa shape index (κ3) is 4.75. The SMILES string of the molecule is CCC(C)(C)C(=O)N(CCC(=O)O)C(C)(C)C. The van der Waals surface area contributed by atoms with E-state index in [1.807, 2.05) is 41.5 Å². The Balaban J connectivity index is 4.94. The lowest BCUT2D eigenvalue weighted by molar-refractivity contribution is -0.147. The first-order chi connectivity index (χ1) is 7.52. The molecule has 0 saturated heterocycles. The van der Waals surface area contributed by atoms with Gasteiger partial charge in [-0.15, -0.1) is 0 Å². The molecule has 0 fully saturated rings. The maximum atomic E-state index is 12.4. The van der Waals surface area contributed by atoms with Gasteiger partial charge in [0.2, 0.25) is 5.91 Å². The molecule has 0 aliphatic rings. The lowest BCUT2D eigenvalue weighted by Gasteiger charge is -2.40. The van der Waals surface area contributed by atoms with Gasteiger partial charge in [-0.05, 0) is 27.2 Å². The van der Waals surface area contributed by atoms with Gasteiger partial charge in [-0.25, -0.2) is 0 Å². The maximum absolute atomic E-state index is 12.4. The van der Waals surface area contributed by atoms with Gasteiger partial charge in [-0.3, -0.25) is 9.59 Å². The average Bonchev–Trinajstić information content (AvgIpc) is 2.15. The Labute approximate surface area is 104 Å². The molecule has 0 rings (SSSR count). The van der Waals surface area contributed by atoms with E-state index >= 15 is 0 Å². The van der Waals surface area contributed by atoms with Gasteiger partial charge < -0.3 is 10.0 Å². The topological polar surface area (TPSA) is 57.6 Å². The van der Waals surface area contributed by atoms with Crippen molar-refractivity contribution >= 4 is 11.9 Å². The molecule has 0 saturated carbocycles. The van der Waals surface area contributed by atoms with Crippen molar-refractivity contribution < 1.29 is 14.7 Å². The second kappa shape index (κ2) is 5.52. The van der Waals surface area contributed by atoms with E-state index in [1.165, 1.54) is 0 Å². The predicted molar refractivity (Wildman–Crippen MR) is 67.8 cm³/mol. The first-order valence-corrected chi connectivity index (χ1v) is 6.06. The molecule has 0 heterocycles. The van der Waals surface area contributed by atoms with Gasteiger partial charge in [0.15, 0.2) is 0 Å². The zero-order chi connectivity index (χ0) is 13.9. The van der Waals surface area contributed by atoms with E-state index in [1.54, 1.807) is 4.90 Å². The van der Waals surface area contributed by atoms with E-state index in [2.05, 4.69) is 0 Å². The quantitative estimate of drug-likeness (QED) is 0.807. The minimum absolute atomic E-state index is 0.0111. The summed E-state index contributed by atoms with van der Waals surface area (Å²) in [6.07, 6.45) is 0.730. The molecule has 100 valence electrons. The number of hydrogen-bond donors (Lipinski definition) is 1. The van der Waals surface area contributed by atoms with Crippen LogP contribution in [0.25, 0.3) is 0 Å². The first-order valence-electron chi connectivity index (χ1n) is 6.06. The largest absolute Gasteiger partial charge is 0.481 e. The molecule has 0 spiro atoms. The molecule has 4 heteroatoms. The lowest BCUT2D eigenvalue weighted by atomic mass is 9.86. The third-order valence-electron chi connectivity index (χ3n) is 3.07. The van der Waals surface area contributed by atoms with Gasteiger partial charge in [0.25, 0.3) is 0 Å². The van der Waals surface area contributed by atoms with Crippen molar-refractivity contribution in [2.75, 3.05) is 6.54 Å². The Morgan fingerprint density at radius 2 is 1.59 bits per heavy atom. The summed E-state index contributed by atoms with van der Waals surface area (Å²) in [5.41, 5.74) is -0.787. The maximum Gasteiger partial charge on any atom is 0.305 e. The summed E-state index contributed by atoms with van der Waals surface area (Å²) in [5, 5.41) is 8.73. The van der Waals surface area contributed by atoms with Crippen LogP contribution in [0.15, 0.2) is 0 Å². The van der Waals surface area contributed by atoms with Crippen LogP contribution in [0.3, 0.4) is 0 Å². The molecule has 0 atom stereocenters. The smallest absolute Gasteiger partial charge is 0.305 e. The van der Waals surface area contributed by atoms with Crippen molar-refractivity contribution in [2.45, 2.75) is 59.9 Å². The number of hydrogen-bond acceptors (Lipinski definition) is 2. The molecule has 0 unspecified atom stereocenters. The fourth-order valence-electron chi connectivity index (χ4n) is 1.47. The lowest BCUT2D eigenvalue weighted by Crippen LogP contribution is -2.51. The van der Waals surface area contributed by atoms with E-state index in [-0.39, 0.29) is 24.4 Å². The monoisotopic (exact) mass is 243 g/mol. The van der Waals surface area contributed by atoms with Crippen LogP contribution >= 0.6 is 0 Å². The van der Waals surface area contributed by atoms with Crippen molar-refractivity contribution in [1.82, 2.24) is 4.90 Å². The average molecular weight is 243 g/mol. The summed E-state index contributed by atoms with van der Waals surface area (Å²) < 4.78 is 0. The molecule has 0 aromatic heterocycles. The Bertz CT molecular complexity index is 290. The normalized spacial score (nSPS) is 12.4. The van der Waals surface area contributed by atoms with Gasteiger partial charge in [0.05, 0.1) is 6.42 Å². The van der Waals surface area contributed by atoms with E-state index in [0.717, 1.165) is 6.42 Å². The van der Waals surface area contributed by atoms with Gasteiger partial charge in [0, 0.05) is 17.5 Å². The summed E-state index contributed by atoms with van der Waals surface area (Å²) in [5.74, 6) is -0.852. The molecule has 1 amide bonds. The number of carbonyl (C=O) groups is 2. The molecule has 17 heavy (non-hydrogen) atoms. The van der Waals surface area contributed by atoms with E-state index in [4.69, 9.17) is 5.11 Å². The fourth-order valence-corrected chi connectivity index (χ4v) is 1.47. The number of rotatable bonds is 5. The van der Waals surface area contributed by atoms with Gasteiger partial charge in [-0.1, -0.05) is 20.8 Å². The van der Waals surface area contributed by atoms with E-state index in [9.17, 15) is 9.59 Å². The van der Waals surface area contributed by atoms with E-state index < -0.39 is 11.4 Å². The van der Waals surface area contributed by atoms with Gasteiger partial charge >= 0.3 is 5.97 Å². The highest BCUT2D eigenvalue weighted by Crippen LogP contribution is 2.27. The molecule has 0 radical (unpaired) electrons. The molecule has 0 aromatic rings. The van der Waals surface area contributed by atoms with Crippen LogP contribution < -0.4 is 0 Å². The van der Waals surface area contributed by atoms with Crippen LogP contribution in [0.1, 0.15) is 54.4 Å². The van der Waals surface area contributed by atoms with Crippen LogP contribution in [-0.4, -0.2) is 34.0 Å². The summed E-state index contributed by atoms with van der Waals surface area (Å²) in [7, 11) is 0. The summed E-state index contributed by atoms with van der Waals surface area (Å²) in [6.45, 7) is 11.8. The predicted octanol–water partition coefficient (Wildman–Crippen LogP) is 2.52. The summed E-state index contributed by atoms with van der Waals surface area (Å²) >= 11 is 0. The zero-order valence-corrected chi connectivity index (χ0v) is 11.8. The van der Waals surface area contributed by atoms with Crippen LogP contribution in [-0.2, 0) is 9.59 Å². The number of nitrogens with zero attached hydrogens (tertiary/aromatic N) is 1. The first kappa shape index (κ1) is 15.9. The van der Waals surface area contributed by atoms with Crippen LogP contribution in [0.4, 0.5) is 0 Å². The van der Waals surface area contributed by atoms with Crippen LogP contribution in [0.5, 0.6) is 0 Å². The number of carbonyl (C=O) groups excluding carboxylic acids is 1. The number of carboxylic acids is 1. The molecule has 4 nitrogen and oxygen atoms in total. The highest BCUT2D eigenvalue weighted by atomic mass is 16.4. The Hall–Kier alpha value is -1.06. The molecular formula is C13H25NO3. The molecule has 1 N–H and O–H groups in total. The third-order valence-corrected chi connectivity index (χ3v) is 3.07. The molecule has 0 bridgehead atoms. The highest BCUT2D eigenvalue weighted by Gasteiger charge is 2.35. The summed E-state index contributed by atoms with van der Waals surface area (Å²) in [4.78, 5) is 24.7. The zero-order valence-electron chi connectivity index (χ0n) is 11.8. The van der Waals surface area contributed by atoms with Crippen molar-refractivity contribution in [3.63, 3.8) is 0 Å². The Kier molecular flexibility index (Phi) is 5.17. The molecule has 0 aromatic carbocycles. The number of amides is 1. The number of carboxylic acid groups (broad SMARTS) is 1. The van der Waals surface area contributed by atoms with Crippen molar-refractivity contribution in [3.05, 3.63) is 0 Å². The van der Waals surface area contributed by atoms with Crippen LogP contribution in [0.2, 0.25) is 0 Å². The summed E-state index contributed by atoms with van der Waals surface area (Å²) in [6, 6.07) is 0. The minimum atomic E-state index is -0.874. The van der Waals surface area contributed by atoms with E-state index in [0.29, 0.717) is 0 Å². The van der Waals surface area contributed by atoms with Gasteiger partial charge in [0.1, 0.15) is 0 Å². The second-order valence-electron chi connectivity index (χ2n) is 6.01. The Morgan fingerprint density at radius 1 is 1.12 bits per heavy atom. The molecule has 0 aliphatic heterocycles. The minimum Gasteiger partial charge on any atom is -0.481 e.